The topological polar surface area (TPSA) is 52.6 Å². The maximum atomic E-state index is 10.7. The minimum atomic E-state index is -0.0272. The van der Waals surface area contributed by atoms with Crippen LogP contribution in [-0.2, 0) is 4.79 Å². The van der Waals surface area contributed by atoms with Crippen LogP contribution < -0.4 is 10.2 Å². The van der Waals surface area contributed by atoms with Crippen molar-refractivity contribution in [1.29, 1.82) is 0 Å². The van der Waals surface area contributed by atoms with Gasteiger partial charge in [-0.1, -0.05) is 24.3 Å². The summed E-state index contributed by atoms with van der Waals surface area (Å²) in [6.07, 6.45) is 3.87. The van der Waals surface area contributed by atoms with E-state index in [1.807, 2.05) is 48.4 Å². The molecule has 4 nitrogen and oxygen atoms in total. The largest absolute Gasteiger partial charge is 0.395 e. The van der Waals surface area contributed by atoms with Crippen LogP contribution >= 0.6 is 0 Å². The first kappa shape index (κ1) is 14.3. The molecule has 0 aromatic heterocycles. The van der Waals surface area contributed by atoms with Gasteiger partial charge in [0.25, 0.3) is 0 Å². The summed E-state index contributed by atoms with van der Waals surface area (Å²) in [6.45, 7) is 2.81. The highest BCUT2D eigenvalue weighted by molar-refractivity contribution is 5.73. The third kappa shape index (κ3) is 5.01. The van der Waals surface area contributed by atoms with Gasteiger partial charge in [0.1, 0.15) is 0 Å². The second kappa shape index (κ2) is 7.50. The molecule has 4 heteroatoms. The number of aliphatic hydroxyl groups excluding tert-OH is 1. The summed E-state index contributed by atoms with van der Waals surface area (Å²) in [5, 5.41) is 11.6. The van der Waals surface area contributed by atoms with Gasteiger partial charge in [-0.05, 0) is 17.7 Å². The van der Waals surface area contributed by atoms with E-state index in [4.69, 9.17) is 5.11 Å². The number of rotatable bonds is 6. The summed E-state index contributed by atoms with van der Waals surface area (Å²) in [4.78, 5) is 12.7. The number of carbonyl (C=O) groups is 1. The zero-order chi connectivity index (χ0) is 13.4. The number of aliphatic hydroxyl groups is 1. The zero-order valence-corrected chi connectivity index (χ0v) is 10.9. The van der Waals surface area contributed by atoms with Crippen LogP contribution in [0.5, 0.6) is 0 Å². The highest BCUT2D eigenvalue weighted by atomic mass is 16.3. The van der Waals surface area contributed by atoms with Crippen molar-refractivity contribution in [2.45, 2.75) is 6.92 Å². The first-order valence-corrected chi connectivity index (χ1v) is 5.96. The Bertz CT molecular complexity index is 399. The maximum absolute atomic E-state index is 10.7. The monoisotopic (exact) mass is 248 g/mol. The second-order valence-electron chi connectivity index (χ2n) is 4.08. The molecule has 0 aliphatic rings. The first-order valence-electron chi connectivity index (χ1n) is 5.96. The van der Waals surface area contributed by atoms with Gasteiger partial charge < -0.3 is 15.3 Å². The Kier molecular flexibility index (Phi) is 5.94. The van der Waals surface area contributed by atoms with Gasteiger partial charge in [-0.15, -0.1) is 0 Å². The Hall–Kier alpha value is -1.81. The van der Waals surface area contributed by atoms with Crippen LogP contribution in [-0.4, -0.2) is 37.8 Å². The van der Waals surface area contributed by atoms with Gasteiger partial charge >= 0.3 is 0 Å². The van der Waals surface area contributed by atoms with Gasteiger partial charge in [0.2, 0.25) is 5.91 Å². The molecule has 0 atom stereocenters. The van der Waals surface area contributed by atoms with Crippen molar-refractivity contribution in [3.05, 3.63) is 35.9 Å². The van der Waals surface area contributed by atoms with E-state index in [1.54, 1.807) is 0 Å². The zero-order valence-electron chi connectivity index (χ0n) is 10.9. The van der Waals surface area contributed by atoms with Gasteiger partial charge in [0.05, 0.1) is 6.61 Å². The minimum absolute atomic E-state index is 0.0272. The van der Waals surface area contributed by atoms with E-state index >= 15 is 0 Å². The van der Waals surface area contributed by atoms with Crippen LogP contribution in [0.25, 0.3) is 6.08 Å². The average molecular weight is 248 g/mol. The summed E-state index contributed by atoms with van der Waals surface area (Å²) in [6, 6.07) is 8.03. The quantitative estimate of drug-likeness (QED) is 0.797. The number of benzene rings is 1. The van der Waals surface area contributed by atoms with E-state index in [-0.39, 0.29) is 12.5 Å². The lowest BCUT2D eigenvalue weighted by molar-refractivity contribution is -0.118. The van der Waals surface area contributed by atoms with Gasteiger partial charge in [-0.2, -0.15) is 0 Å². The van der Waals surface area contributed by atoms with Crippen LogP contribution in [0, 0.1) is 0 Å². The van der Waals surface area contributed by atoms with E-state index in [1.165, 1.54) is 6.92 Å². The lowest BCUT2D eigenvalue weighted by Gasteiger charge is -2.17. The van der Waals surface area contributed by atoms with Crippen molar-refractivity contribution in [2.75, 3.05) is 31.6 Å². The molecule has 0 unspecified atom stereocenters. The molecule has 0 saturated heterocycles. The fourth-order valence-electron chi connectivity index (χ4n) is 1.52. The van der Waals surface area contributed by atoms with Crippen LogP contribution in [0.3, 0.4) is 0 Å². The van der Waals surface area contributed by atoms with Crippen LogP contribution in [0.4, 0.5) is 5.69 Å². The van der Waals surface area contributed by atoms with Crippen molar-refractivity contribution in [2.24, 2.45) is 0 Å². The third-order valence-corrected chi connectivity index (χ3v) is 2.55. The number of carbonyl (C=O) groups excluding carboxylic acids is 1. The molecule has 0 aliphatic carbocycles. The van der Waals surface area contributed by atoms with Crippen LogP contribution in [0.15, 0.2) is 30.3 Å². The second-order valence-corrected chi connectivity index (χ2v) is 4.08. The number of hydrogen-bond donors (Lipinski definition) is 2. The number of nitrogens with zero attached hydrogens (tertiary/aromatic N) is 1. The lowest BCUT2D eigenvalue weighted by atomic mass is 10.2. The Morgan fingerprint density at radius 2 is 2.06 bits per heavy atom. The van der Waals surface area contributed by atoms with Crippen molar-refractivity contribution < 1.29 is 9.90 Å². The molecule has 0 aliphatic heterocycles. The lowest BCUT2D eigenvalue weighted by Crippen LogP contribution is -2.20. The molecule has 0 fully saturated rings. The standard InChI is InChI=1S/C14H20N2O2/c1-12(18)15-9-3-4-13-5-7-14(8-6-13)16(2)10-11-17/h3-8,17H,9-11H2,1-2H3,(H,15,18). The van der Waals surface area contributed by atoms with Crippen molar-refractivity contribution in [1.82, 2.24) is 5.32 Å². The molecule has 1 aromatic carbocycles. The number of nitrogens with one attached hydrogen (secondary N) is 1. The Labute approximate surface area is 108 Å². The SMILES string of the molecule is CC(=O)NCC=Cc1ccc(N(C)CCO)cc1. The Balaban J connectivity index is 2.52. The normalized spacial score (nSPS) is 10.6. The molecular weight excluding hydrogens is 228 g/mol. The number of amides is 1. The fraction of sp³-hybridized carbons (Fsp3) is 0.357. The predicted octanol–water partition coefficient (Wildman–Crippen LogP) is 1.26. The molecular formula is C14H20N2O2. The minimum Gasteiger partial charge on any atom is -0.395 e. The van der Waals surface area contributed by atoms with E-state index in [0.717, 1.165) is 11.3 Å². The first-order chi connectivity index (χ1) is 8.63. The molecule has 1 amide bonds. The summed E-state index contributed by atoms with van der Waals surface area (Å²) in [5.74, 6) is -0.0272. The summed E-state index contributed by atoms with van der Waals surface area (Å²) in [5.41, 5.74) is 2.16. The Morgan fingerprint density at radius 1 is 1.39 bits per heavy atom. The van der Waals surface area contributed by atoms with Crippen molar-refractivity contribution >= 4 is 17.7 Å². The van der Waals surface area contributed by atoms with E-state index in [9.17, 15) is 4.79 Å². The summed E-state index contributed by atoms with van der Waals surface area (Å²) < 4.78 is 0. The van der Waals surface area contributed by atoms with Gasteiger partial charge in [-0.3, -0.25) is 4.79 Å². The molecule has 0 bridgehead atoms. The van der Waals surface area contributed by atoms with Gasteiger partial charge in [-0.25, -0.2) is 0 Å². The molecule has 0 radical (unpaired) electrons. The molecule has 18 heavy (non-hydrogen) atoms. The molecule has 2 N–H and O–H groups in total. The van der Waals surface area contributed by atoms with Crippen LogP contribution in [0.1, 0.15) is 12.5 Å². The third-order valence-electron chi connectivity index (χ3n) is 2.55. The molecule has 1 rings (SSSR count). The van der Waals surface area contributed by atoms with Crippen molar-refractivity contribution in [3.63, 3.8) is 0 Å². The van der Waals surface area contributed by atoms with Crippen LogP contribution in [0.2, 0.25) is 0 Å². The summed E-state index contributed by atoms with van der Waals surface area (Å²) in [7, 11) is 1.94. The number of hydrogen-bond acceptors (Lipinski definition) is 3. The van der Waals surface area contributed by atoms with Crippen molar-refractivity contribution in [3.8, 4) is 0 Å². The molecule has 98 valence electrons. The predicted molar refractivity (Wildman–Crippen MR) is 74.5 cm³/mol. The average Bonchev–Trinajstić information content (AvgIpc) is 2.35. The number of likely N-dealkylation sites (N-methyl/N-ethyl adjacent to an activating group) is 1. The molecule has 0 spiro atoms. The van der Waals surface area contributed by atoms with E-state index < -0.39 is 0 Å². The molecule has 1 aromatic rings. The van der Waals surface area contributed by atoms with Gasteiger partial charge in [0.15, 0.2) is 0 Å². The fourth-order valence-corrected chi connectivity index (χ4v) is 1.52. The highest BCUT2D eigenvalue weighted by Gasteiger charge is 1.98. The smallest absolute Gasteiger partial charge is 0.217 e. The summed E-state index contributed by atoms with van der Waals surface area (Å²) >= 11 is 0. The van der Waals surface area contributed by atoms with Gasteiger partial charge in [0, 0.05) is 32.7 Å². The highest BCUT2D eigenvalue weighted by Crippen LogP contribution is 2.14. The van der Waals surface area contributed by atoms with E-state index in [0.29, 0.717) is 13.1 Å². The Morgan fingerprint density at radius 3 is 2.61 bits per heavy atom. The number of anilines is 1. The van der Waals surface area contributed by atoms with E-state index in [2.05, 4.69) is 5.32 Å². The maximum Gasteiger partial charge on any atom is 0.217 e. The molecule has 0 heterocycles. The molecule has 0 saturated carbocycles.